The molecule has 0 bridgehead atoms. The standard InChI is InChI=1S/C27H29F2NO4S/c1-19(8-5-6-11-20-9-3-2-4-10-20)23(31)15-13-21-18-27(28,29)26(34)30(21)17-7-12-22-14-16-24(35-22)25(32)33/h2-4,9-10,13-16,19,21,23,31H,7-8,11-12,17-18H2,1H3,(H,32,33)/b15-13+/t19-,21-,23+/m0/s1. The molecule has 1 aromatic carbocycles. The summed E-state index contributed by atoms with van der Waals surface area (Å²) in [5.74, 6) is 0.301. The van der Waals surface area contributed by atoms with Gasteiger partial charge in [-0.25, -0.2) is 4.79 Å². The molecular formula is C27H29F2NO4S. The lowest BCUT2D eigenvalue weighted by atomic mass is 9.99. The second-order valence-electron chi connectivity index (χ2n) is 8.72. The van der Waals surface area contributed by atoms with Gasteiger partial charge in [-0.05, 0) is 36.5 Å². The molecule has 0 unspecified atom stereocenters. The summed E-state index contributed by atoms with van der Waals surface area (Å²) in [5.41, 5.74) is 1.11. The second-order valence-corrected chi connectivity index (χ2v) is 9.89. The van der Waals surface area contributed by atoms with Crippen molar-refractivity contribution in [3.63, 3.8) is 0 Å². The van der Waals surface area contributed by atoms with Crippen molar-refractivity contribution >= 4 is 23.2 Å². The number of hydrogen-bond donors (Lipinski definition) is 2. The molecule has 1 aromatic heterocycles. The minimum atomic E-state index is -3.44. The Morgan fingerprint density at radius 1 is 1.26 bits per heavy atom. The Kier molecular flexibility index (Phi) is 9.19. The number of hydrogen-bond acceptors (Lipinski definition) is 4. The topological polar surface area (TPSA) is 77.8 Å². The number of aromatic carboxylic acids is 1. The molecule has 35 heavy (non-hydrogen) atoms. The van der Waals surface area contributed by atoms with Crippen molar-refractivity contribution in [2.45, 2.75) is 57.1 Å². The SMILES string of the molecule is C[C@@H](CC#CCc1ccccc1)[C@H](O)/C=C/[C@H]1CC(F)(F)C(=O)N1CCCc1ccc(C(=O)O)s1. The average Bonchev–Trinajstić information content (AvgIpc) is 3.39. The van der Waals surface area contributed by atoms with Gasteiger partial charge in [-0.2, -0.15) is 8.78 Å². The maximum Gasteiger partial charge on any atom is 0.345 e. The molecule has 0 radical (unpaired) electrons. The zero-order valence-corrected chi connectivity index (χ0v) is 20.3. The van der Waals surface area contributed by atoms with Crippen molar-refractivity contribution in [1.82, 2.24) is 4.90 Å². The summed E-state index contributed by atoms with van der Waals surface area (Å²) in [7, 11) is 0. The van der Waals surface area contributed by atoms with Gasteiger partial charge in [-0.3, -0.25) is 4.79 Å². The number of thiophene rings is 1. The Morgan fingerprint density at radius 2 is 2.00 bits per heavy atom. The molecule has 1 aliphatic rings. The Bertz CT molecular complexity index is 1100. The summed E-state index contributed by atoms with van der Waals surface area (Å²) in [4.78, 5) is 25.4. The molecule has 8 heteroatoms. The third-order valence-corrected chi connectivity index (χ3v) is 7.07. The number of carboxylic acid groups (broad SMARTS) is 1. The molecule has 0 saturated carbocycles. The maximum atomic E-state index is 14.1. The Morgan fingerprint density at radius 3 is 2.69 bits per heavy atom. The predicted molar refractivity (Wildman–Crippen MR) is 132 cm³/mol. The van der Waals surface area contributed by atoms with Gasteiger partial charge in [0.15, 0.2) is 0 Å². The van der Waals surface area contributed by atoms with Crippen LogP contribution in [0.15, 0.2) is 54.6 Å². The van der Waals surface area contributed by atoms with E-state index in [1.165, 1.54) is 18.2 Å². The van der Waals surface area contributed by atoms with Gasteiger partial charge in [0.1, 0.15) is 4.88 Å². The van der Waals surface area contributed by atoms with Crippen molar-refractivity contribution in [3.8, 4) is 11.8 Å². The molecule has 5 nitrogen and oxygen atoms in total. The second kappa shape index (κ2) is 12.1. The van der Waals surface area contributed by atoms with E-state index in [1.807, 2.05) is 37.3 Å². The number of aryl methyl sites for hydroxylation is 1. The molecule has 1 saturated heterocycles. The van der Waals surface area contributed by atoms with Crippen molar-refractivity contribution in [2.75, 3.05) is 6.54 Å². The summed E-state index contributed by atoms with van der Waals surface area (Å²) < 4.78 is 28.3. The van der Waals surface area contributed by atoms with Gasteiger partial charge < -0.3 is 15.1 Å². The van der Waals surface area contributed by atoms with E-state index >= 15 is 0 Å². The summed E-state index contributed by atoms with van der Waals surface area (Å²) in [6.07, 6.45) is 3.49. The fraction of sp³-hybridized carbons (Fsp3) is 0.407. The molecule has 186 valence electrons. The third-order valence-electron chi connectivity index (χ3n) is 5.93. The fourth-order valence-electron chi connectivity index (χ4n) is 3.86. The molecule has 1 fully saturated rings. The summed E-state index contributed by atoms with van der Waals surface area (Å²) in [6.45, 7) is 1.96. The molecule has 0 spiro atoms. The predicted octanol–water partition coefficient (Wildman–Crippen LogP) is 4.80. The summed E-state index contributed by atoms with van der Waals surface area (Å²) in [5, 5.41) is 19.5. The number of aliphatic hydroxyl groups excluding tert-OH is 1. The number of aliphatic hydroxyl groups is 1. The zero-order valence-electron chi connectivity index (χ0n) is 19.5. The van der Waals surface area contributed by atoms with Crippen LogP contribution in [-0.4, -0.2) is 51.6 Å². The van der Waals surface area contributed by atoms with Crippen LogP contribution in [0.2, 0.25) is 0 Å². The van der Waals surface area contributed by atoms with Crippen molar-refractivity contribution in [2.24, 2.45) is 5.92 Å². The summed E-state index contributed by atoms with van der Waals surface area (Å²) in [6, 6.07) is 12.2. The van der Waals surface area contributed by atoms with E-state index < -0.39 is 36.4 Å². The van der Waals surface area contributed by atoms with Gasteiger partial charge in [0.05, 0.1) is 12.1 Å². The first-order chi connectivity index (χ1) is 16.7. The van der Waals surface area contributed by atoms with Crippen LogP contribution < -0.4 is 0 Å². The monoisotopic (exact) mass is 501 g/mol. The van der Waals surface area contributed by atoms with Crippen molar-refractivity contribution < 1.29 is 28.6 Å². The molecule has 2 aromatic rings. The normalized spacial score (nSPS) is 18.9. The van der Waals surface area contributed by atoms with Gasteiger partial charge in [-0.15, -0.1) is 17.3 Å². The van der Waals surface area contributed by atoms with E-state index in [4.69, 9.17) is 5.11 Å². The van der Waals surface area contributed by atoms with Crippen LogP contribution in [0, 0.1) is 17.8 Å². The van der Waals surface area contributed by atoms with E-state index in [0.717, 1.165) is 26.7 Å². The van der Waals surface area contributed by atoms with Gasteiger partial charge in [0.25, 0.3) is 5.91 Å². The number of amides is 1. The number of halogens is 2. The Labute approximate surface area is 208 Å². The molecule has 3 atom stereocenters. The molecule has 2 heterocycles. The quantitative estimate of drug-likeness (QED) is 0.362. The van der Waals surface area contributed by atoms with E-state index in [9.17, 15) is 23.5 Å². The lowest BCUT2D eigenvalue weighted by Gasteiger charge is -2.22. The first-order valence-corrected chi connectivity index (χ1v) is 12.4. The highest BCUT2D eigenvalue weighted by Crippen LogP contribution is 2.34. The van der Waals surface area contributed by atoms with Crippen LogP contribution in [0.1, 0.15) is 46.3 Å². The first kappa shape index (κ1) is 26.6. The number of carbonyl (C=O) groups is 2. The minimum absolute atomic E-state index is 0.125. The summed E-state index contributed by atoms with van der Waals surface area (Å²) >= 11 is 1.14. The zero-order chi connectivity index (χ0) is 25.4. The van der Waals surface area contributed by atoms with Crippen LogP contribution in [-0.2, 0) is 17.6 Å². The number of alkyl halides is 2. The molecular weight excluding hydrogens is 472 g/mol. The molecule has 0 aliphatic carbocycles. The highest BCUT2D eigenvalue weighted by atomic mass is 32.1. The van der Waals surface area contributed by atoms with Crippen molar-refractivity contribution in [1.29, 1.82) is 0 Å². The number of carbonyl (C=O) groups excluding carboxylic acids is 1. The maximum absolute atomic E-state index is 14.1. The number of carboxylic acids is 1. The highest BCUT2D eigenvalue weighted by Gasteiger charge is 2.52. The van der Waals surface area contributed by atoms with Crippen LogP contribution >= 0.6 is 11.3 Å². The molecule has 1 aliphatic heterocycles. The van der Waals surface area contributed by atoms with Gasteiger partial charge >= 0.3 is 11.9 Å². The lowest BCUT2D eigenvalue weighted by Crippen LogP contribution is -2.36. The van der Waals surface area contributed by atoms with Crippen LogP contribution in [0.4, 0.5) is 8.78 Å². The number of likely N-dealkylation sites (tertiary alicyclic amines) is 1. The highest BCUT2D eigenvalue weighted by molar-refractivity contribution is 7.13. The smallest absolute Gasteiger partial charge is 0.345 e. The van der Waals surface area contributed by atoms with Crippen molar-refractivity contribution in [3.05, 3.63) is 69.9 Å². The van der Waals surface area contributed by atoms with E-state index in [2.05, 4.69) is 11.8 Å². The third kappa shape index (κ3) is 7.48. The van der Waals surface area contributed by atoms with E-state index in [1.54, 1.807) is 6.07 Å². The minimum Gasteiger partial charge on any atom is -0.477 e. The molecule has 1 amide bonds. The fourth-order valence-corrected chi connectivity index (χ4v) is 4.75. The largest absolute Gasteiger partial charge is 0.477 e. The number of benzene rings is 1. The Balaban J connectivity index is 1.53. The van der Waals surface area contributed by atoms with Crippen LogP contribution in [0.3, 0.4) is 0 Å². The van der Waals surface area contributed by atoms with E-state index in [0.29, 0.717) is 25.7 Å². The molecule has 2 N–H and O–H groups in total. The lowest BCUT2D eigenvalue weighted by molar-refractivity contribution is -0.148. The van der Waals surface area contributed by atoms with Gasteiger partial charge in [-0.1, -0.05) is 55.3 Å². The van der Waals surface area contributed by atoms with Crippen LogP contribution in [0.25, 0.3) is 0 Å². The Hall–Kier alpha value is -3.02. The van der Waals surface area contributed by atoms with Gasteiger partial charge in [0, 0.05) is 30.7 Å². The van der Waals surface area contributed by atoms with Gasteiger partial charge in [0.2, 0.25) is 0 Å². The van der Waals surface area contributed by atoms with Crippen LogP contribution in [0.5, 0.6) is 0 Å². The number of nitrogens with zero attached hydrogens (tertiary/aromatic N) is 1. The number of rotatable bonds is 10. The molecule has 3 rings (SSSR count). The first-order valence-electron chi connectivity index (χ1n) is 11.5. The average molecular weight is 502 g/mol. The van der Waals surface area contributed by atoms with E-state index in [-0.39, 0.29) is 17.3 Å².